The van der Waals surface area contributed by atoms with Crippen molar-refractivity contribution in [1.82, 2.24) is 4.90 Å². The van der Waals surface area contributed by atoms with Crippen LogP contribution in [0.5, 0.6) is 0 Å². The highest BCUT2D eigenvalue weighted by molar-refractivity contribution is 5.16. The first kappa shape index (κ1) is 13.1. The lowest BCUT2D eigenvalue weighted by atomic mass is 10.0. The molecule has 3 heteroatoms. The summed E-state index contributed by atoms with van der Waals surface area (Å²) >= 11 is 0. The summed E-state index contributed by atoms with van der Waals surface area (Å²) in [6, 6.07) is 11.0. The molecule has 1 aromatic carbocycles. The van der Waals surface area contributed by atoms with Crippen molar-refractivity contribution in [2.45, 2.75) is 32.5 Å². The molecule has 1 saturated heterocycles. The standard InChI is InChI=1S/C16H24N2O/c1-16(2)14(15(16)17)13-11-18(8-9-19-13)10-12-6-4-3-5-7-12/h3-7,13-15H,8-11,17H2,1-2H3/t13?,14-,15-/m0/s1. The summed E-state index contributed by atoms with van der Waals surface area (Å²) in [6.07, 6.45) is 0.308. The summed E-state index contributed by atoms with van der Waals surface area (Å²) in [5.41, 5.74) is 7.80. The molecule has 0 aromatic heterocycles. The van der Waals surface area contributed by atoms with Gasteiger partial charge in [0.25, 0.3) is 0 Å². The van der Waals surface area contributed by atoms with Gasteiger partial charge in [0.1, 0.15) is 0 Å². The van der Waals surface area contributed by atoms with E-state index in [-0.39, 0.29) is 5.41 Å². The van der Waals surface area contributed by atoms with Crippen LogP contribution in [0.15, 0.2) is 30.3 Å². The van der Waals surface area contributed by atoms with Gasteiger partial charge in [-0.15, -0.1) is 0 Å². The Balaban J connectivity index is 1.60. The molecule has 3 atom stereocenters. The van der Waals surface area contributed by atoms with Crippen molar-refractivity contribution in [3.05, 3.63) is 35.9 Å². The molecule has 0 radical (unpaired) electrons. The van der Waals surface area contributed by atoms with Crippen LogP contribution in [0.3, 0.4) is 0 Å². The van der Waals surface area contributed by atoms with Crippen molar-refractivity contribution in [3.8, 4) is 0 Å². The maximum atomic E-state index is 6.17. The lowest BCUT2D eigenvalue weighted by Crippen LogP contribution is -2.44. The van der Waals surface area contributed by atoms with Crippen LogP contribution in [-0.2, 0) is 11.3 Å². The Labute approximate surface area is 115 Å². The Bertz CT molecular complexity index is 432. The van der Waals surface area contributed by atoms with Crippen molar-refractivity contribution < 1.29 is 4.74 Å². The van der Waals surface area contributed by atoms with Crippen LogP contribution in [0.4, 0.5) is 0 Å². The molecule has 3 rings (SSSR count). The van der Waals surface area contributed by atoms with E-state index >= 15 is 0 Å². The van der Waals surface area contributed by atoms with E-state index in [2.05, 4.69) is 49.1 Å². The van der Waals surface area contributed by atoms with E-state index in [1.807, 2.05) is 0 Å². The van der Waals surface area contributed by atoms with Gasteiger partial charge in [-0.3, -0.25) is 4.90 Å². The van der Waals surface area contributed by atoms with Crippen LogP contribution in [0.2, 0.25) is 0 Å². The van der Waals surface area contributed by atoms with E-state index in [1.54, 1.807) is 0 Å². The normalized spacial score (nSPS) is 34.2. The average Bonchev–Trinajstić information content (AvgIpc) is 2.90. The second-order valence-corrected chi connectivity index (χ2v) is 6.50. The fourth-order valence-electron chi connectivity index (χ4n) is 3.36. The highest BCUT2D eigenvalue weighted by Crippen LogP contribution is 2.53. The molecule has 1 heterocycles. The monoisotopic (exact) mass is 260 g/mol. The molecule has 0 amide bonds. The summed E-state index contributed by atoms with van der Waals surface area (Å²) < 4.78 is 5.95. The predicted octanol–water partition coefficient (Wildman–Crippen LogP) is 1.87. The molecule has 2 fully saturated rings. The average molecular weight is 260 g/mol. The Morgan fingerprint density at radius 1 is 1.32 bits per heavy atom. The van der Waals surface area contributed by atoms with E-state index in [9.17, 15) is 0 Å². The van der Waals surface area contributed by atoms with Gasteiger partial charge in [-0.25, -0.2) is 0 Å². The molecule has 2 aliphatic rings. The van der Waals surface area contributed by atoms with Crippen molar-refractivity contribution in [2.24, 2.45) is 17.1 Å². The van der Waals surface area contributed by atoms with Gasteiger partial charge in [-0.1, -0.05) is 44.2 Å². The zero-order valence-electron chi connectivity index (χ0n) is 11.9. The topological polar surface area (TPSA) is 38.5 Å². The number of nitrogens with two attached hydrogens (primary N) is 1. The lowest BCUT2D eigenvalue weighted by Gasteiger charge is -2.33. The number of ether oxygens (including phenoxy) is 1. The quantitative estimate of drug-likeness (QED) is 0.901. The Hall–Kier alpha value is -0.900. The van der Waals surface area contributed by atoms with Crippen LogP contribution in [0.1, 0.15) is 19.4 Å². The maximum absolute atomic E-state index is 6.17. The van der Waals surface area contributed by atoms with Gasteiger partial charge in [-0.05, 0) is 11.0 Å². The Morgan fingerprint density at radius 3 is 2.63 bits per heavy atom. The van der Waals surface area contributed by atoms with Crippen molar-refractivity contribution in [2.75, 3.05) is 19.7 Å². The van der Waals surface area contributed by atoms with Gasteiger partial charge in [0.05, 0.1) is 12.7 Å². The third kappa shape index (κ3) is 2.55. The highest BCUT2D eigenvalue weighted by Gasteiger charge is 2.59. The molecular weight excluding hydrogens is 236 g/mol. The zero-order chi connectivity index (χ0) is 13.5. The molecule has 1 aliphatic heterocycles. The maximum Gasteiger partial charge on any atom is 0.0751 e. The third-order valence-electron chi connectivity index (χ3n) is 4.82. The number of rotatable bonds is 3. The summed E-state index contributed by atoms with van der Waals surface area (Å²) in [7, 11) is 0. The first-order valence-corrected chi connectivity index (χ1v) is 7.22. The first-order valence-electron chi connectivity index (χ1n) is 7.22. The molecule has 104 valence electrons. The number of morpholine rings is 1. The number of hydrogen-bond donors (Lipinski definition) is 1. The SMILES string of the molecule is CC1(C)[C@@H](N)[C@@H]1C1CN(Cc2ccccc2)CCO1. The van der Waals surface area contributed by atoms with Crippen molar-refractivity contribution >= 4 is 0 Å². The molecule has 1 aliphatic carbocycles. The van der Waals surface area contributed by atoms with Crippen LogP contribution < -0.4 is 5.73 Å². The van der Waals surface area contributed by atoms with Gasteiger partial charge in [0.2, 0.25) is 0 Å². The van der Waals surface area contributed by atoms with Crippen molar-refractivity contribution in [3.63, 3.8) is 0 Å². The minimum absolute atomic E-state index is 0.250. The zero-order valence-corrected chi connectivity index (χ0v) is 11.9. The van der Waals surface area contributed by atoms with E-state index < -0.39 is 0 Å². The molecule has 1 saturated carbocycles. The van der Waals surface area contributed by atoms with Crippen LogP contribution >= 0.6 is 0 Å². The summed E-state index contributed by atoms with van der Waals surface area (Å²) in [6.45, 7) is 8.38. The fourth-order valence-corrected chi connectivity index (χ4v) is 3.36. The fraction of sp³-hybridized carbons (Fsp3) is 0.625. The number of nitrogens with zero attached hydrogens (tertiary/aromatic N) is 1. The van der Waals surface area contributed by atoms with Gasteiger partial charge >= 0.3 is 0 Å². The molecule has 19 heavy (non-hydrogen) atoms. The summed E-state index contributed by atoms with van der Waals surface area (Å²) in [5, 5.41) is 0. The minimum atomic E-state index is 0.250. The largest absolute Gasteiger partial charge is 0.375 e. The Morgan fingerprint density at radius 2 is 2.00 bits per heavy atom. The lowest BCUT2D eigenvalue weighted by molar-refractivity contribution is -0.0475. The highest BCUT2D eigenvalue weighted by atomic mass is 16.5. The van der Waals surface area contributed by atoms with Crippen LogP contribution in [0, 0.1) is 11.3 Å². The van der Waals surface area contributed by atoms with Crippen LogP contribution in [0.25, 0.3) is 0 Å². The Kier molecular flexibility index (Phi) is 3.37. The van der Waals surface area contributed by atoms with Gasteiger partial charge in [-0.2, -0.15) is 0 Å². The van der Waals surface area contributed by atoms with Gasteiger partial charge in [0, 0.05) is 31.6 Å². The molecule has 1 aromatic rings. The van der Waals surface area contributed by atoms with E-state index in [0.717, 1.165) is 26.2 Å². The molecule has 2 N–H and O–H groups in total. The first-order chi connectivity index (χ1) is 9.09. The summed E-state index contributed by atoms with van der Waals surface area (Å²) in [5.74, 6) is 0.520. The van der Waals surface area contributed by atoms with Gasteiger partial charge < -0.3 is 10.5 Å². The molecule has 0 spiro atoms. The second-order valence-electron chi connectivity index (χ2n) is 6.50. The summed E-state index contributed by atoms with van der Waals surface area (Å²) in [4.78, 5) is 2.49. The molecular formula is C16H24N2O. The second kappa shape index (κ2) is 4.89. The predicted molar refractivity (Wildman–Crippen MR) is 76.7 cm³/mol. The molecule has 0 bridgehead atoms. The number of benzene rings is 1. The van der Waals surface area contributed by atoms with Crippen LogP contribution in [-0.4, -0.2) is 36.7 Å². The van der Waals surface area contributed by atoms with E-state index in [4.69, 9.17) is 10.5 Å². The molecule has 3 nitrogen and oxygen atoms in total. The smallest absolute Gasteiger partial charge is 0.0751 e. The van der Waals surface area contributed by atoms with E-state index in [1.165, 1.54) is 5.56 Å². The minimum Gasteiger partial charge on any atom is -0.375 e. The molecule has 1 unspecified atom stereocenters. The van der Waals surface area contributed by atoms with E-state index in [0.29, 0.717) is 18.1 Å². The van der Waals surface area contributed by atoms with Crippen molar-refractivity contribution in [1.29, 1.82) is 0 Å². The van der Waals surface area contributed by atoms with Gasteiger partial charge in [0.15, 0.2) is 0 Å². The third-order valence-corrected chi connectivity index (χ3v) is 4.82. The number of hydrogen-bond acceptors (Lipinski definition) is 3.